The van der Waals surface area contributed by atoms with Crippen LogP contribution in [0, 0.1) is 0 Å². The summed E-state index contributed by atoms with van der Waals surface area (Å²) in [6.45, 7) is 5.98. The number of aliphatic carboxylic acids is 1. The minimum Gasteiger partial charge on any atom is -0.497 e. The number of carboxylic acids is 1. The third-order valence-electron chi connectivity index (χ3n) is 4.59. The molecule has 0 fully saturated rings. The molecular formula is C21H27NO3. The summed E-state index contributed by atoms with van der Waals surface area (Å²) in [6, 6.07) is 16.9. The van der Waals surface area contributed by atoms with Crippen molar-refractivity contribution in [2.75, 3.05) is 20.2 Å². The van der Waals surface area contributed by atoms with E-state index in [-0.39, 0.29) is 12.5 Å². The minimum absolute atomic E-state index is 0.220. The molecule has 1 N–H and O–H groups in total. The van der Waals surface area contributed by atoms with Crippen LogP contribution < -0.4 is 4.74 Å². The molecule has 134 valence electrons. The molecule has 0 aliphatic heterocycles. The lowest BCUT2D eigenvalue weighted by molar-refractivity contribution is -0.137. The molecule has 0 amide bonds. The highest BCUT2D eigenvalue weighted by Crippen LogP contribution is 2.27. The summed E-state index contributed by atoms with van der Waals surface area (Å²) >= 11 is 0. The average molecular weight is 341 g/mol. The molecule has 0 aliphatic rings. The number of hydrogen-bond donors (Lipinski definition) is 1. The highest BCUT2D eigenvalue weighted by Gasteiger charge is 2.14. The molecule has 4 heteroatoms. The van der Waals surface area contributed by atoms with Gasteiger partial charge in [-0.3, -0.25) is 9.69 Å². The van der Waals surface area contributed by atoms with Crippen molar-refractivity contribution in [3.8, 4) is 16.9 Å². The number of carboxylic acid groups (broad SMARTS) is 1. The summed E-state index contributed by atoms with van der Waals surface area (Å²) in [4.78, 5) is 13.0. The fourth-order valence-electron chi connectivity index (χ4n) is 3.03. The SMILES string of the molecule is CCN(CCCC(=O)O)C(C)c1ccc(-c2cccc(OC)c2)cc1. The Hall–Kier alpha value is -2.33. The molecule has 1 unspecified atom stereocenters. The quantitative estimate of drug-likeness (QED) is 0.723. The van der Waals surface area contributed by atoms with Gasteiger partial charge >= 0.3 is 5.97 Å². The minimum atomic E-state index is -0.730. The normalized spacial score (nSPS) is 12.2. The predicted molar refractivity (Wildman–Crippen MR) is 101 cm³/mol. The Morgan fingerprint density at radius 1 is 1.16 bits per heavy atom. The molecule has 25 heavy (non-hydrogen) atoms. The maximum atomic E-state index is 10.7. The lowest BCUT2D eigenvalue weighted by Gasteiger charge is -2.28. The van der Waals surface area contributed by atoms with Gasteiger partial charge in [0.05, 0.1) is 7.11 Å². The van der Waals surface area contributed by atoms with Crippen LogP contribution in [-0.4, -0.2) is 36.2 Å². The summed E-state index contributed by atoms with van der Waals surface area (Å²) in [7, 11) is 1.67. The number of carbonyl (C=O) groups is 1. The van der Waals surface area contributed by atoms with E-state index in [1.54, 1.807) is 7.11 Å². The Bertz CT molecular complexity index is 682. The predicted octanol–water partition coefficient (Wildman–Crippen LogP) is 4.61. The van der Waals surface area contributed by atoms with Crippen LogP contribution in [0.2, 0.25) is 0 Å². The van der Waals surface area contributed by atoms with Crippen molar-refractivity contribution in [2.45, 2.75) is 32.7 Å². The first-order chi connectivity index (χ1) is 12.0. The van der Waals surface area contributed by atoms with E-state index in [2.05, 4.69) is 49.1 Å². The highest BCUT2D eigenvalue weighted by molar-refractivity contribution is 5.66. The van der Waals surface area contributed by atoms with Gasteiger partial charge in [0.2, 0.25) is 0 Å². The molecule has 2 aromatic carbocycles. The summed E-state index contributed by atoms with van der Waals surface area (Å²) < 4.78 is 5.29. The summed E-state index contributed by atoms with van der Waals surface area (Å²) in [5, 5.41) is 8.80. The fourth-order valence-corrected chi connectivity index (χ4v) is 3.03. The molecule has 0 radical (unpaired) electrons. The van der Waals surface area contributed by atoms with Crippen LogP contribution >= 0.6 is 0 Å². The van der Waals surface area contributed by atoms with Gasteiger partial charge in [0.1, 0.15) is 5.75 Å². The van der Waals surface area contributed by atoms with Crippen molar-refractivity contribution in [1.82, 2.24) is 4.90 Å². The van der Waals surface area contributed by atoms with Crippen molar-refractivity contribution in [3.63, 3.8) is 0 Å². The molecule has 0 aromatic heterocycles. The molecule has 1 atom stereocenters. The van der Waals surface area contributed by atoms with E-state index in [1.165, 1.54) is 5.56 Å². The van der Waals surface area contributed by atoms with E-state index < -0.39 is 5.97 Å². The topological polar surface area (TPSA) is 49.8 Å². The molecule has 0 saturated carbocycles. The summed E-state index contributed by atoms with van der Waals surface area (Å²) in [6.07, 6.45) is 0.896. The second-order valence-electron chi connectivity index (χ2n) is 6.16. The van der Waals surface area contributed by atoms with Gasteiger partial charge in [-0.1, -0.05) is 43.3 Å². The van der Waals surface area contributed by atoms with Gasteiger partial charge in [0, 0.05) is 12.5 Å². The first kappa shape index (κ1) is 19.0. The summed E-state index contributed by atoms with van der Waals surface area (Å²) in [5.74, 6) is 0.122. The van der Waals surface area contributed by atoms with E-state index >= 15 is 0 Å². The van der Waals surface area contributed by atoms with E-state index in [0.29, 0.717) is 6.42 Å². The van der Waals surface area contributed by atoms with Gasteiger partial charge in [-0.15, -0.1) is 0 Å². The van der Waals surface area contributed by atoms with Crippen molar-refractivity contribution in [3.05, 3.63) is 54.1 Å². The van der Waals surface area contributed by atoms with Crippen molar-refractivity contribution >= 4 is 5.97 Å². The van der Waals surface area contributed by atoms with Crippen LogP contribution in [-0.2, 0) is 4.79 Å². The first-order valence-corrected chi connectivity index (χ1v) is 8.75. The van der Waals surface area contributed by atoms with Crippen molar-refractivity contribution < 1.29 is 14.6 Å². The molecule has 2 aromatic rings. The van der Waals surface area contributed by atoms with Gasteiger partial charge in [0.15, 0.2) is 0 Å². The molecule has 0 heterocycles. The Labute approximate surface area is 150 Å². The molecule has 4 nitrogen and oxygen atoms in total. The van der Waals surface area contributed by atoms with Gasteiger partial charge in [-0.05, 0) is 55.3 Å². The van der Waals surface area contributed by atoms with Gasteiger partial charge in [-0.25, -0.2) is 0 Å². The zero-order valence-electron chi connectivity index (χ0n) is 15.2. The van der Waals surface area contributed by atoms with Gasteiger partial charge < -0.3 is 9.84 Å². The van der Waals surface area contributed by atoms with E-state index in [1.807, 2.05) is 18.2 Å². The van der Waals surface area contributed by atoms with E-state index in [9.17, 15) is 4.79 Å². The van der Waals surface area contributed by atoms with Crippen LogP contribution in [0.4, 0.5) is 0 Å². The van der Waals surface area contributed by atoms with Crippen LogP contribution in [0.5, 0.6) is 5.75 Å². The number of rotatable bonds is 9. The van der Waals surface area contributed by atoms with E-state index in [4.69, 9.17) is 9.84 Å². The number of ether oxygens (including phenoxy) is 1. The maximum Gasteiger partial charge on any atom is 0.303 e. The van der Waals surface area contributed by atoms with Crippen molar-refractivity contribution in [2.24, 2.45) is 0 Å². The molecule has 0 saturated heterocycles. The van der Waals surface area contributed by atoms with Crippen LogP contribution in [0.3, 0.4) is 0 Å². The Morgan fingerprint density at radius 3 is 2.48 bits per heavy atom. The van der Waals surface area contributed by atoms with Crippen LogP contribution in [0.1, 0.15) is 38.3 Å². The largest absolute Gasteiger partial charge is 0.497 e. The second-order valence-corrected chi connectivity index (χ2v) is 6.16. The molecule has 2 rings (SSSR count). The molecule has 0 bridgehead atoms. The number of benzene rings is 2. The van der Waals surface area contributed by atoms with Crippen molar-refractivity contribution in [1.29, 1.82) is 0 Å². The average Bonchev–Trinajstić information content (AvgIpc) is 2.64. The smallest absolute Gasteiger partial charge is 0.303 e. The lowest BCUT2D eigenvalue weighted by Crippen LogP contribution is -2.28. The van der Waals surface area contributed by atoms with Crippen LogP contribution in [0.15, 0.2) is 48.5 Å². The zero-order chi connectivity index (χ0) is 18.2. The maximum absolute atomic E-state index is 10.7. The van der Waals surface area contributed by atoms with E-state index in [0.717, 1.165) is 30.0 Å². The third kappa shape index (κ3) is 5.33. The first-order valence-electron chi connectivity index (χ1n) is 8.75. The lowest BCUT2D eigenvalue weighted by atomic mass is 10.0. The number of nitrogens with zero attached hydrogens (tertiary/aromatic N) is 1. The Balaban J connectivity index is 2.07. The Kier molecular flexibility index (Phi) is 7.02. The Morgan fingerprint density at radius 2 is 1.88 bits per heavy atom. The number of hydrogen-bond acceptors (Lipinski definition) is 3. The molecule has 0 aliphatic carbocycles. The third-order valence-corrected chi connectivity index (χ3v) is 4.59. The molecule has 0 spiro atoms. The number of methoxy groups -OCH3 is 1. The highest BCUT2D eigenvalue weighted by atomic mass is 16.5. The molecular weight excluding hydrogens is 314 g/mol. The monoisotopic (exact) mass is 341 g/mol. The summed E-state index contributed by atoms with van der Waals surface area (Å²) in [5.41, 5.74) is 3.53. The van der Waals surface area contributed by atoms with Gasteiger partial charge in [0.25, 0.3) is 0 Å². The second kappa shape index (κ2) is 9.23. The standard InChI is InChI=1S/C21H27NO3/c1-4-22(14-6-9-21(23)24)16(2)17-10-12-18(13-11-17)19-7-5-8-20(15-19)25-3/h5,7-8,10-13,15-16H,4,6,9,14H2,1-3H3,(H,23,24). The zero-order valence-corrected chi connectivity index (χ0v) is 15.2. The fraction of sp³-hybridized carbons (Fsp3) is 0.381. The van der Waals surface area contributed by atoms with Crippen LogP contribution in [0.25, 0.3) is 11.1 Å². The van der Waals surface area contributed by atoms with Gasteiger partial charge in [-0.2, -0.15) is 0 Å².